The van der Waals surface area contributed by atoms with Gasteiger partial charge in [0.2, 0.25) is 5.91 Å². The maximum absolute atomic E-state index is 11.5. The van der Waals surface area contributed by atoms with Crippen molar-refractivity contribution in [2.45, 2.75) is 18.6 Å². The fourth-order valence-corrected chi connectivity index (χ4v) is 1.41. The van der Waals surface area contributed by atoms with Crippen LogP contribution >= 0.6 is 0 Å². The van der Waals surface area contributed by atoms with Crippen LogP contribution in [-0.2, 0) is 9.59 Å². The van der Waals surface area contributed by atoms with E-state index in [0.29, 0.717) is 5.56 Å². The van der Waals surface area contributed by atoms with Crippen molar-refractivity contribution in [2.24, 2.45) is 0 Å². The van der Waals surface area contributed by atoms with E-state index in [9.17, 15) is 30.0 Å². The van der Waals surface area contributed by atoms with Crippen molar-refractivity contribution in [1.82, 2.24) is 5.32 Å². The molecule has 0 aliphatic rings. The predicted octanol–water partition coefficient (Wildman–Crippen LogP) is -4.20. The first-order valence-corrected chi connectivity index (χ1v) is 6.24. The summed E-state index contributed by atoms with van der Waals surface area (Å²) in [5, 5.41) is 50.1. The van der Waals surface area contributed by atoms with E-state index in [4.69, 9.17) is 5.11 Å². The molecular formula is C14H16KNO7. The average molecular weight is 349 g/mol. The zero-order valence-electron chi connectivity index (χ0n) is 12.7. The van der Waals surface area contributed by atoms with Gasteiger partial charge in [0.25, 0.3) is 0 Å². The number of aliphatic hydroxyl groups is 2. The second-order valence-electron chi connectivity index (χ2n) is 4.77. The number of hydrogen-bond donors (Lipinski definition) is 5. The first kappa shape index (κ1) is 22.1. The molecule has 0 heterocycles. The molecule has 0 aromatic heterocycles. The summed E-state index contributed by atoms with van der Waals surface area (Å²) in [7, 11) is 0. The number of carboxylic acid groups (broad SMARTS) is 1. The van der Waals surface area contributed by atoms with Gasteiger partial charge in [-0.2, -0.15) is 0 Å². The Balaban J connectivity index is 0.00000484. The molecule has 1 aromatic carbocycles. The maximum atomic E-state index is 11.5. The monoisotopic (exact) mass is 349 g/mol. The zero-order valence-corrected chi connectivity index (χ0v) is 15.8. The molecule has 23 heavy (non-hydrogen) atoms. The number of carbonyl (C=O) groups excluding carboxylic acids is 1. The molecule has 1 aromatic rings. The van der Waals surface area contributed by atoms with Gasteiger partial charge in [0, 0.05) is 12.6 Å². The van der Waals surface area contributed by atoms with E-state index in [0.717, 1.165) is 19.1 Å². The topological polar surface area (TPSA) is 150 Å². The van der Waals surface area contributed by atoms with E-state index >= 15 is 0 Å². The number of hydrogen-bond acceptors (Lipinski definition) is 6. The van der Waals surface area contributed by atoms with Crippen LogP contribution in [0.25, 0.3) is 6.08 Å². The Labute approximate surface area is 174 Å². The van der Waals surface area contributed by atoms with Crippen LogP contribution in [-0.4, -0.2) is 50.6 Å². The number of rotatable bonds is 6. The van der Waals surface area contributed by atoms with Gasteiger partial charge >= 0.3 is 57.4 Å². The molecule has 0 radical (unpaired) electrons. The number of phenols is 1. The summed E-state index contributed by atoms with van der Waals surface area (Å²) in [5.41, 5.74) is -1.97. The van der Waals surface area contributed by atoms with Crippen LogP contribution in [0.1, 0.15) is 12.5 Å². The number of benzene rings is 1. The number of aliphatic hydroxyl groups excluding tert-OH is 1. The summed E-state index contributed by atoms with van der Waals surface area (Å²) in [6.45, 7) is 0.447. The molecule has 0 spiro atoms. The van der Waals surface area contributed by atoms with E-state index in [1.165, 1.54) is 18.2 Å². The second-order valence-corrected chi connectivity index (χ2v) is 4.77. The van der Waals surface area contributed by atoms with Crippen LogP contribution in [0.15, 0.2) is 24.3 Å². The van der Waals surface area contributed by atoms with E-state index in [2.05, 4.69) is 5.32 Å². The van der Waals surface area contributed by atoms with Crippen LogP contribution in [0.4, 0.5) is 0 Å². The van der Waals surface area contributed by atoms with Crippen molar-refractivity contribution in [3.8, 4) is 11.5 Å². The van der Waals surface area contributed by atoms with Gasteiger partial charge in [-0.15, -0.1) is 0 Å². The van der Waals surface area contributed by atoms with E-state index in [1.54, 1.807) is 0 Å². The molecule has 1 rings (SSSR count). The molecule has 8 nitrogen and oxygen atoms in total. The molecule has 2 atom stereocenters. The Kier molecular flexibility index (Phi) is 8.99. The molecule has 5 N–H and O–H groups in total. The first-order chi connectivity index (χ1) is 10.1. The summed E-state index contributed by atoms with van der Waals surface area (Å²) >= 11 is 0. The Morgan fingerprint density at radius 1 is 1.43 bits per heavy atom. The Bertz CT molecular complexity index is 601. The largest absolute Gasteiger partial charge is 1.00 e. The van der Waals surface area contributed by atoms with Gasteiger partial charge in [-0.05, 0) is 24.6 Å². The van der Waals surface area contributed by atoms with Gasteiger partial charge < -0.3 is 30.8 Å². The molecule has 1 amide bonds. The van der Waals surface area contributed by atoms with Gasteiger partial charge in [0.05, 0.1) is 0 Å². The normalized spacial score (nSPS) is 14.6. The molecular weight excluding hydrogens is 333 g/mol. The number of nitrogens with one attached hydrogen (secondary N) is 1. The Hall–Kier alpha value is -0.944. The average Bonchev–Trinajstić information content (AvgIpc) is 2.45. The minimum Gasteiger partial charge on any atom is -0.870 e. The van der Waals surface area contributed by atoms with Gasteiger partial charge in [0.1, 0.15) is 11.9 Å². The van der Waals surface area contributed by atoms with Crippen molar-refractivity contribution in [3.63, 3.8) is 0 Å². The van der Waals surface area contributed by atoms with Crippen LogP contribution in [0.2, 0.25) is 0 Å². The minimum atomic E-state index is -2.38. The van der Waals surface area contributed by atoms with Gasteiger partial charge in [0.15, 0.2) is 5.60 Å². The van der Waals surface area contributed by atoms with Gasteiger partial charge in [-0.1, -0.05) is 17.9 Å². The van der Waals surface area contributed by atoms with Gasteiger partial charge in [-0.3, -0.25) is 4.79 Å². The van der Waals surface area contributed by atoms with Crippen LogP contribution in [0.5, 0.6) is 11.5 Å². The third-order valence-corrected chi connectivity index (χ3v) is 2.96. The molecule has 0 aliphatic carbocycles. The second kappa shape index (κ2) is 9.38. The van der Waals surface area contributed by atoms with Crippen LogP contribution in [0.3, 0.4) is 0 Å². The fraction of sp³-hybridized carbons (Fsp3) is 0.286. The summed E-state index contributed by atoms with van der Waals surface area (Å²) in [6, 6.07) is 3.72. The van der Waals surface area contributed by atoms with E-state index in [1.807, 2.05) is 0 Å². The van der Waals surface area contributed by atoms with Crippen molar-refractivity contribution < 1.29 is 86.5 Å². The summed E-state index contributed by atoms with van der Waals surface area (Å²) < 4.78 is 0. The Morgan fingerprint density at radius 2 is 2.04 bits per heavy atom. The number of aliphatic carboxylic acids is 1. The zero-order chi connectivity index (χ0) is 16.9. The number of carboxylic acids is 1. The van der Waals surface area contributed by atoms with Crippen molar-refractivity contribution in [2.75, 3.05) is 6.54 Å². The molecule has 0 unspecified atom stereocenters. The van der Waals surface area contributed by atoms with Crippen molar-refractivity contribution in [3.05, 3.63) is 29.8 Å². The third-order valence-electron chi connectivity index (χ3n) is 2.96. The number of amides is 1. The smallest absolute Gasteiger partial charge is 0.870 e. The molecule has 0 saturated carbocycles. The van der Waals surface area contributed by atoms with E-state index in [-0.39, 0.29) is 51.4 Å². The maximum Gasteiger partial charge on any atom is 1.00 e. The first-order valence-electron chi connectivity index (χ1n) is 6.24. The van der Waals surface area contributed by atoms with Crippen molar-refractivity contribution in [1.29, 1.82) is 0 Å². The van der Waals surface area contributed by atoms with Crippen LogP contribution < -0.4 is 61.8 Å². The number of phenolic OH excluding ortho intramolecular Hbond substituents is 1. The standard InChI is InChI=1S/C14H17NO7.K/c1-14(22,13(20)21)11(18)7-15-12(19)5-3-8-2-4-9(16)10(17)6-8;/h2-6,11,16-18,22H,7H2,1H3,(H,15,19)(H,20,21);/q;+1/p-1/b5-3+;/t11-,14+;/m0./s1. The van der Waals surface area contributed by atoms with Gasteiger partial charge in [-0.25, -0.2) is 4.79 Å². The van der Waals surface area contributed by atoms with Crippen LogP contribution in [0, 0.1) is 0 Å². The SMILES string of the molecule is C[C@](O)(C(=O)O)[C@@H](O)CNC(=O)/C=C/c1ccc([O-])c(O)c1.[K+]. The quantitative estimate of drug-likeness (QED) is 0.258. The fourth-order valence-electron chi connectivity index (χ4n) is 1.41. The molecule has 0 aliphatic heterocycles. The third kappa shape index (κ3) is 6.59. The molecule has 120 valence electrons. The molecule has 0 saturated heterocycles. The summed E-state index contributed by atoms with van der Waals surface area (Å²) in [6.07, 6.45) is 0.698. The van der Waals surface area contributed by atoms with E-state index < -0.39 is 41.6 Å². The molecule has 0 fully saturated rings. The predicted molar refractivity (Wildman–Crippen MR) is 73.9 cm³/mol. The molecule has 9 heteroatoms. The number of carbonyl (C=O) groups is 2. The van der Waals surface area contributed by atoms with Crippen molar-refractivity contribution >= 4 is 18.0 Å². The number of aromatic hydroxyl groups is 1. The summed E-state index contributed by atoms with van der Waals surface area (Å²) in [4.78, 5) is 22.2. The Morgan fingerprint density at radius 3 is 2.57 bits per heavy atom. The minimum absolute atomic E-state index is 0. The summed E-state index contributed by atoms with van der Waals surface area (Å²) in [5.74, 6) is -3.25. The molecule has 0 bridgehead atoms.